The van der Waals surface area contributed by atoms with E-state index in [9.17, 15) is 0 Å². The molecule has 0 unspecified atom stereocenters. The first-order chi connectivity index (χ1) is 10.2. The first kappa shape index (κ1) is 21.0. The Hall–Kier alpha value is 0. The van der Waals surface area contributed by atoms with Crippen LogP contribution >= 0.6 is 0 Å². The van der Waals surface area contributed by atoms with Crippen molar-refractivity contribution in [1.29, 1.82) is 0 Å². The third-order valence-corrected chi connectivity index (χ3v) is 5.62. The summed E-state index contributed by atoms with van der Waals surface area (Å²) >= 11 is 0. The molecule has 0 amide bonds. The van der Waals surface area contributed by atoms with Gasteiger partial charge in [-0.15, -0.1) is 0 Å². The summed E-state index contributed by atoms with van der Waals surface area (Å²) in [5.74, 6) is 0. The van der Waals surface area contributed by atoms with Crippen molar-refractivity contribution in [3.8, 4) is 0 Å². The Kier molecular flexibility index (Phi) is 14.9. The molecule has 0 nitrogen and oxygen atoms in total. The SMILES string of the molecule is CCCCCCCCC(CC)(CC)CCCCCCCC. The van der Waals surface area contributed by atoms with E-state index in [1.807, 2.05) is 0 Å². The minimum atomic E-state index is 0.676. The number of rotatable bonds is 16. The van der Waals surface area contributed by atoms with Crippen molar-refractivity contribution in [2.45, 2.75) is 130 Å². The van der Waals surface area contributed by atoms with Crippen molar-refractivity contribution in [3.63, 3.8) is 0 Å². The maximum atomic E-state index is 2.43. The smallest absolute Gasteiger partial charge is 0.0303 e. The average Bonchev–Trinajstić information content (AvgIpc) is 2.52. The Bertz CT molecular complexity index is 172. The van der Waals surface area contributed by atoms with Crippen LogP contribution in [0.3, 0.4) is 0 Å². The van der Waals surface area contributed by atoms with Crippen LogP contribution in [0.1, 0.15) is 130 Å². The molecule has 0 aromatic carbocycles. The molecular formula is C21H44. The van der Waals surface area contributed by atoms with E-state index in [0.717, 1.165) is 0 Å². The topological polar surface area (TPSA) is 0 Å². The fourth-order valence-electron chi connectivity index (χ4n) is 3.64. The molecule has 0 N–H and O–H groups in total. The summed E-state index contributed by atoms with van der Waals surface area (Å²) in [6.45, 7) is 9.47. The summed E-state index contributed by atoms with van der Waals surface area (Å²) in [6.07, 6.45) is 23.1. The van der Waals surface area contributed by atoms with E-state index in [0.29, 0.717) is 5.41 Å². The molecule has 128 valence electrons. The van der Waals surface area contributed by atoms with Gasteiger partial charge < -0.3 is 0 Å². The Morgan fingerprint density at radius 2 is 0.762 bits per heavy atom. The van der Waals surface area contributed by atoms with Gasteiger partial charge in [0, 0.05) is 0 Å². The number of unbranched alkanes of at least 4 members (excludes halogenated alkanes) is 10. The van der Waals surface area contributed by atoms with Gasteiger partial charge in [0.15, 0.2) is 0 Å². The summed E-state index contributed by atoms with van der Waals surface area (Å²) in [4.78, 5) is 0. The van der Waals surface area contributed by atoms with E-state index in [1.54, 1.807) is 0 Å². The van der Waals surface area contributed by atoms with E-state index in [4.69, 9.17) is 0 Å². The second kappa shape index (κ2) is 14.9. The molecule has 0 heterocycles. The van der Waals surface area contributed by atoms with Crippen molar-refractivity contribution in [2.75, 3.05) is 0 Å². The molecule has 0 spiro atoms. The Balaban J connectivity index is 3.78. The maximum absolute atomic E-state index is 2.43. The normalized spacial score (nSPS) is 12.0. The molecular weight excluding hydrogens is 252 g/mol. The summed E-state index contributed by atoms with van der Waals surface area (Å²) in [5, 5.41) is 0. The molecule has 0 aliphatic carbocycles. The predicted octanol–water partition coefficient (Wildman–Crippen LogP) is 8.29. The molecule has 0 atom stereocenters. The van der Waals surface area contributed by atoms with Crippen molar-refractivity contribution in [3.05, 3.63) is 0 Å². The standard InChI is InChI=1S/C21H44/c1-5-9-11-13-15-17-19-21(7-3,8-4)20-18-16-14-12-10-6-2/h5-20H2,1-4H3. The van der Waals surface area contributed by atoms with Crippen LogP contribution in [0.4, 0.5) is 0 Å². The lowest BCUT2D eigenvalue weighted by Gasteiger charge is -2.32. The quantitative estimate of drug-likeness (QED) is 0.251. The van der Waals surface area contributed by atoms with Gasteiger partial charge in [0.25, 0.3) is 0 Å². The third kappa shape index (κ3) is 11.2. The molecule has 21 heavy (non-hydrogen) atoms. The molecule has 0 fully saturated rings. The van der Waals surface area contributed by atoms with Crippen LogP contribution in [0.15, 0.2) is 0 Å². The Labute approximate surface area is 136 Å². The van der Waals surface area contributed by atoms with Crippen LogP contribution in [0, 0.1) is 5.41 Å². The highest BCUT2D eigenvalue weighted by molar-refractivity contribution is 4.76. The van der Waals surface area contributed by atoms with Crippen LogP contribution in [0.5, 0.6) is 0 Å². The summed E-state index contributed by atoms with van der Waals surface area (Å²) in [5.41, 5.74) is 0.676. The van der Waals surface area contributed by atoms with E-state index in [1.165, 1.54) is 103 Å². The molecule has 0 aliphatic rings. The first-order valence-electron chi connectivity index (χ1n) is 10.2. The van der Waals surface area contributed by atoms with Gasteiger partial charge in [-0.05, 0) is 18.3 Å². The van der Waals surface area contributed by atoms with E-state index >= 15 is 0 Å². The third-order valence-electron chi connectivity index (χ3n) is 5.62. The molecule has 0 aromatic rings. The van der Waals surface area contributed by atoms with E-state index < -0.39 is 0 Å². The molecule has 0 heteroatoms. The van der Waals surface area contributed by atoms with Crippen molar-refractivity contribution in [1.82, 2.24) is 0 Å². The highest BCUT2D eigenvalue weighted by atomic mass is 14.3. The van der Waals surface area contributed by atoms with Gasteiger partial charge in [-0.2, -0.15) is 0 Å². The first-order valence-corrected chi connectivity index (χ1v) is 10.2. The highest BCUT2D eigenvalue weighted by Gasteiger charge is 2.24. The van der Waals surface area contributed by atoms with E-state index in [2.05, 4.69) is 27.7 Å². The predicted molar refractivity (Wildman–Crippen MR) is 99.0 cm³/mol. The average molecular weight is 297 g/mol. The van der Waals surface area contributed by atoms with Crippen LogP contribution < -0.4 is 0 Å². The molecule has 0 saturated heterocycles. The van der Waals surface area contributed by atoms with Gasteiger partial charge in [0.1, 0.15) is 0 Å². The Morgan fingerprint density at radius 3 is 1.10 bits per heavy atom. The lowest BCUT2D eigenvalue weighted by atomic mass is 9.74. The lowest BCUT2D eigenvalue weighted by Crippen LogP contribution is -2.18. The molecule has 0 radical (unpaired) electrons. The van der Waals surface area contributed by atoms with Gasteiger partial charge in [-0.1, -0.05) is 118 Å². The van der Waals surface area contributed by atoms with Crippen LogP contribution in [0.25, 0.3) is 0 Å². The van der Waals surface area contributed by atoms with Gasteiger partial charge >= 0.3 is 0 Å². The fraction of sp³-hybridized carbons (Fsp3) is 1.00. The lowest BCUT2D eigenvalue weighted by molar-refractivity contribution is 0.202. The minimum Gasteiger partial charge on any atom is -0.0654 e. The zero-order valence-electron chi connectivity index (χ0n) is 15.8. The van der Waals surface area contributed by atoms with Crippen molar-refractivity contribution < 1.29 is 0 Å². The van der Waals surface area contributed by atoms with Crippen LogP contribution in [-0.2, 0) is 0 Å². The van der Waals surface area contributed by atoms with Gasteiger partial charge in [0.2, 0.25) is 0 Å². The van der Waals surface area contributed by atoms with Crippen LogP contribution in [0.2, 0.25) is 0 Å². The van der Waals surface area contributed by atoms with E-state index in [-0.39, 0.29) is 0 Å². The second-order valence-corrected chi connectivity index (χ2v) is 7.24. The Morgan fingerprint density at radius 1 is 0.429 bits per heavy atom. The maximum Gasteiger partial charge on any atom is -0.0303 e. The molecule has 0 aromatic heterocycles. The zero-order chi connectivity index (χ0) is 15.8. The molecule has 0 rings (SSSR count). The van der Waals surface area contributed by atoms with Crippen molar-refractivity contribution >= 4 is 0 Å². The highest BCUT2D eigenvalue weighted by Crippen LogP contribution is 2.38. The number of hydrogen-bond acceptors (Lipinski definition) is 0. The van der Waals surface area contributed by atoms with Gasteiger partial charge in [0.05, 0.1) is 0 Å². The molecule has 0 aliphatic heterocycles. The molecule has 0 bridgehead atoms. The van der Waals surface area contributed by atoms with Gasteiger partial charge in [-0.3, -0.25) is 0 Å². The van der Waals surface area contributed by atoms with Crippen LogP contribution in [-0.4, -0.2) is 0 Å². The zero-order valence-corrected chi connectivity index (χ0v) is 15.8. The number of hydrogen-bond donors (Lipinski definition) is 0. The van der Waals surface area contributed by atoms with Gasteiger partial charge in [-0.25, -0.2) is 0 Å². The molecule has 0 saturated carbocycles. The largest absolute Gasteiger partial charge is 0.0654 e. The van der Waals surface area contributed by atoms with Crippen molar-refractivity contribution in [2.24, 2.45) is 5.41 Å². The summed E-state index contributed by atoms with van der Waals surface area (Å²) < 4.78 is 0. The second-order valence-electron chi connectivity index (χ2n) is 7.24. The summed E-state index contributed by atoms with van der Waals surface area (Å²) in [7, 11) is 0. The monoisotopic (exact) mass is 296 g/mol. The minimum absolute atomic E-state index is 0.676. The fourth-order valence-corrected chi connectivity index (χ4v) is 3.64. The summed E-state index contributed by atoms with van der Waals surface area (Å²) in [6, 6.07) is 0.